The summed E-state index contributed by atoms with van der Waals surface area (Å²) < 4.78 is 55.2. The Kier molecular flexibility index (Phi) is 12.6. The Morgan fingerprint density at radius 3 is 1.98 bits per heavy atom. The van der Waals surface area contributed by atoms with Gasteiger partial charge in [-0.15, -0.1) is 0 Å². The lowest BCUT2D eigenvalue weighted by molar-refractivity contribution is -0.352. The number of hydrogen-bond acceptors (Lipinski definition) is 14. The minimum absolute atomic E-state index is 0.00312. The van der Waals surface area contributed by atoms with Crippen LogP contribution in [0.25, 0.3) is 0 Å². The highest BCUT2D eigenvalue weighted by Crippen LogP contribution is 2.68. The van der Waals surface area contributed by atoms with Gasteiger partial charge in [0.15, 0.2) is 18.9 Å². The number of hydrogen-bond donors (Lipinski definition) is 4. The van der Waals surface area contributed by atoms with Crippen LogP contribution in [0.1, 0.15) is 99.3 Å². The topological polar surface area (TPSA) is 181 Å². The molecule has 3 saturated heterocycles. The molecule has 320 valence electrons. The van der Waals surface area contributed by atoms with Crippen molar-refractivity contribution in [3.05, 3.63) is 11.6 Å². The summed E-state index contributed by atoms with van der Waals surface area (Å²) >= 11 is 0. The van der Waals surface area contributed by atoms with Gasteiger partial charge in [-0.05, 0) is 89.9 Å². The molecule has 3 saturated carbocycles. The zero-order chi connectivity index (χ0) is 40.5. The Morgan fingerprint density at radius 1 is 0.750 bits per heavy atom. The van der Waals surface area contributed by atoms with Gasteiger partial charge in [-0.2, -0.15) is 0 Å². The molecule has 7 aliphatic rings. The van der Waals surface area contributed by atoms with Crippen LogP contribution in [0.15, 0.2) is 11.6 Å². The van der Waals surface area contributed by atoms with E-state index in [4.69, 9.17) is 42.6 Å². The lowest BCUT2D eigenvalue weighted by Crippen LogP contribution is -2.66. The Labute approximate surface area is 331 Å². The maximum atomic E-state index is 12.6. The zero-order valence-electron chi connectivity index (χ0n) is 34.7. The van der Waals surface area contributed by atoms with Gasteiger partial charge < -0.3 is 63.1 Å². The van der Waals surface area contributed by atoms with Crippen molar-refractivity contribution < 1.29 is 67.9 Å². The highest BCUT2D eigenvalue weighted by atomic mass is 16.8. The van der Waals surface area contributed by atoms with E-state index in [1.54, 1.807) is 28.1 Å². The number of carbonyl (C=O) groups is 1. The molecule has 56 heavy (non-hydrogen) atoms. The number of fused-ring (bicyclic) bond motifs is 5. The predicted octanol–water partition coefficient (Wildman–Crippen LogP) is 3.18. The molecule has 0 amide bonds. The number of aliphatic hydroxyl groups is 4. The first kappa shape index (κ1) is 43.0. The Bertz CT molecular complexity index is 1430. The maximum absolute atomic E-state index is 12.6. The SMILES string of the molecule is COC1CC(O[C@H]2CC[C@@]3(C)C(=CCC4C3C[C@@H](O)[C@]3(C)[C@@H](C(C)=O)CC[C@]43O)C2)OC(C)C1OC1CC(OC)C(OC2OC(C)C(O)C(OC)C2O)C(C)O1. The third kappa shape index (κ3) is 7.17. The van der Waals surface area contributed by atoms with Crippen molar-refractivity contribution in [1.82, 2.24) is 0 Å². The molecule has 7 rings (SSSR count). The average Bonchev–Trinajstić information content (AvgIpc) is 3.45. The summed E-state index contributed by atoms with van der Waals surface area (Å²) in [6.07, 6.45) is -1.20. The number of rotatable bonds is 10. The van der Waals surface area contributed by atoms with Gasteiger partial charge >= 0.3 is 0 Å². The van der Waals surface area contributed by atoms with Gasteiger partial charge in [-0.25, -0.2) is 0 Å². The Balaban J connectivity index is 0.950. The average molecular weight is 797 g/mol. The van der Waals surface area contributed by atoms with E-state index in [2.05, 4.69) is 13.0 Å². The first-order valence-electron chi connectivity index (χ1n) is 21.0. The summed E-state index contributed by atoms with van der Waals surface area (Å²) in [5.41, 5.74) is -0.732. The number of ether oxygens (including phenoxy) is 9. The molecular weight excluding hydrogens is 728 g/mol. The van der Waals surface area contributed by atoms with E-state index in [0.29, 0.717) is 32.1 Å². The normalized spacial score (nSPS) is 53.4. The summed E-state index contributed by atoms with van der Waals surface area (Å²) in [5, 5.41) is 45.2. The minimum atomic E-state index is -1.21. The minimum Gasteiger partial charge on any atom is -0.392 e. The lowest BCUT2D eigenvalue weighted by atomic mass is 9.45. The number of allylic oxidation sites excluding steroid dienone is 1. The summed E-state index contributed by atoms with van der Waals surface area (Å²) in [6.45, 7) is 11.4. The Morgan fingerprint density at radius 2 is 1.38 bits per heavy atom. The van der Waals surface area contributed by atoms with Crippen LogP contribution >= 0.6 is 0 Å². The van der Waals surface area contributed by atoms with Crippen LogP contribution in [-0.2, 0) is 47.4 Å². The van der Waals surface area contributed by atoms with E-state index in [0.717, 1.165) is 25.7 Å². The molecule has 6 fully saturated rings. The van der Waals surface area contributed by atoms with Crippen LogP contribution in [0, 0.1) is 28.6 Å². The van der Waals surface area contributed by atoms with Gasteiger partial charge in [0.05, 0.1) is 48.3 Å². The predicted molar refractivity (Wildman–Crippen MR) is 200 cm³/mol. The fourth-order valence-electron chi connectivity index (χ4n) is 12.3. The fourth-order valence-corrected chi connectivity index (χ4v) is 12.3. The van der Waals surface area contributed by atoms with Gasteiger partial charge in [0.2, 0.25) is 0 Å². The smallest absolute Gasteiger partial charge is 0.187 e. The number of methoxy groups -OCH3 is 3. The molecule has 0 radical (unpaired) electrons. The van der Waals surface area contributed by atoms with Crippen LogP contribution in [0.2, 0.25) is 0 Å². The van der Waals surface area contributed by atoms with Crippen molar-refractivity contribution in [3.63, 3.8) is 0 Å². The molecule has 3 aliphatic heterocycles. The van der Waals surface area contributed by atoms with E-state index in [-0.39, 0.29) is 47.3 Å². The first-order chi connectivity index (χ1) is 26.5. The van der Waals surface area contributed by atoms with Crippen molar-refractivity contribution in [1.29, 1.82) is 0 Å². The van der Waals surface area contributed by atoms with Crippen LogP contribution < -0.4 is 0 Å². The second kappa shape index (κ2) is 16.4. The van der Waals surface area contributed by atoms with Crippen molar-refractivity contribution in [2.45, 2.75) is 197 Å². The number of carbonyl (C=O) groups excluding carboxylic acids is 1. The molecule has 0 aromatic heterocycles. The molecule has 21 atom stereocenters. The third-order valence-corrected chi connectivity index (χ3v) is 15.7. The largest absolute Gasteiger partial charge is 0.392 e. The van der Waals surface area contributed by atoms with Crippen LogP contribution in [0.5, 0.6) is 0 Å². The zero-order valence-corrected chi connectivity index (χ0v) is 34.7. The maximum Gasteiger partial charge on any atom is 0.187 e. The van der Waals surface area contributed by atoms with Crippen molar-refractivity contribution in [2.24, 2.45) is 28.6 Å². The van der Waals surface area contributed by atoms with Crippen LogP contribution in [0.3, 0.4) is 0 Å². The van der Waals surface area contributed by atoms with Crippen molar-refractivity contribution in [2.75, 3.05) is 21.3 Å². The van der Waals surface area contributed by atoms with E-state index in [1.165, 1.54) is 12.7 Å². The van der Waals surface area contributed by atoms with Crippen molar-refractivity contribution in [3.8, 4) is 0 Å². The molecule has 0 aromatic rings. The highest BCUT2D eigenvalue weighted by molar-refractivity contribution is 5.80. The molecule has 0 spiro atoms. The third-order valence-electron chi connectivity index (χ3n) is 15.7. The molecule has 0 aromatic carbocycles. The summed E-state index contributed by atoms with van der Waals surface area (Å²) in [7, 11) is 4.69. The monoisotopic (exact) mass is 796 g/mol. The highest BCUT2D eigenvalue weighted by Gasteiger charge is 2.70. The van der Waals surface area contributed by atoms with E-state index >= 15 is 0 Å². The van der Waals surface area contributed by atoms with Gasteiger partial charge in [0.1, 0.15) is 36.3 Å². The van der Waals surface area contributed by atoms with Gasteiger partial charge in [0, 0.05) is 45.5 Å². The van der Waals surface area contributed by atoms with E-state index < -0.39 is 84.8 Å². The summed E-state index contributed by atoms with van der Waals surface area (Å²) in [5.74, 6) is -0.127. The molecule has 4 aliphatic carbocycles. The van der Waals surface area contributed by atoms with E-state index in [1.807, 2.05) is 20.8 Å². The standard InChI is InChI=1S/C42H68O14/c1-20(43)26-13-15-42(47)27-11-10-24-16-25(12-14-40(24,5)28(27)17-31(44)41(26,42)6)54-32-18-29(48-7)36(22(3)51-32)55-33-19-30(49-8)37(23(4)52-33)56-39-35(46)38(50-9)34(45)21(2)53-39/h10,21-23,25-39,44-47H,11-19H2,1-9H3/t21?,22?,23?,25-,26+,27?,28?,29?,30?,31+,32?,33?,34?,35?,36?,37?,38?,39?,40-,41-,42-/m0/s1. The molecule has 15 unspecified atom stereocenters. The Hall–Kier alpha value is -1.11. The van der Waals surface area contributed by atoms with Gasteiger partial charge in [-0.1, -0.05) is 25.5 Å². The molecular formula is C42H68O14. The first-order valence-corrected chi connectivity index (χ1v) is 21.0. The molecule has 0 bridgehead atoms. The summed E-state index contributed by atoms with van der Waals surface area (Å²) in [4.78, 5) is 12.6. The quantitative estimate of drug-likeness (QED) is 0.237. The second-order valence-corrected chi connectivity index (χ2v) is 18.4. The van der Waals surface area contributed by atoms with Gasteiger partial charge in [0.25, 0.3) is 0 Å². The van der Waals surface area contributed by atoms with Crippen LogP contribution in [-0.4, -0.2) is 145 Å². The molecule has 14 nitrogen and oxygen atoms in total. The van der Waals surface area contributed by atoms with E-state index in [9.17, 15) is 25.2 Å². The lowest BCUT2D eigenvalue weighted by Gasteiger charge is -2.62. The molecule has 4 N–H and O–H groups in total. The second-order valence-electron chi connectivity index (χ2n) is 18.4. The number of aliphatic hydroxyl groups excluding tert-OH is 3. The van der Waals surface area contributed by atoms with Crippen molar-refractivity contribution >= 4 is 5.78 Å². The molecule has 3 heterocycles. The number of Topliss-reactive ketones (excluding diaryl/α,β-unsaturated/α-hetero) is 1. The number of ketones is 1. The summed E-state index contributed by atoms with van der Waals surface area (Å²) in [6, 6.07) is 0. The van der Waals surface area contributed by atoms with Crippen LogP contribution in [0.4, 0.5) is 0 Å². The van der Waals surface area contributed by atoms with Gasteiger partial charge in [-0.3, -0.25) is 4.79 Å². The molecule has 14 heteroatoms. The fraction of sp³-hybridized carbons (Fsp3) is 0.929.